The molecule has 1 atom stereocenters. The first-order valence-corrected chi connectivity index (χ1v) is 6.65. The van der Waals surface area contributed by atoms with Gasteiger partial charge in [0.2, 0.25) is 5.91 Å². The molecular weight excluding hydrogens is 256 g/mol. The molecule has 1 rings (SSSR count). The molecule has 0 heterocycles. The number of carbonyl (C=O) groups excluding carboxylic acids is 1. The highest BCUT2D eigenvalue weighted by Gasteiger charge is 2.22. The Kier molecular flexibility index (Phi) is 5.70. The Hall–Kier alpha value is -1.88. The summed E-state index contributed by atoms with van der Waals surface area (Å²) in [5, 5.41) is 8.97. The maximum Gasteiger partial charge on any atom is 0.323 e. The van der Waals surface area contributed by atoms with Gasteiger partial charge in [0.05, 0.1) is 0 Å². The van der Waals surface area contributed by atoms with Crippen LogP contribution in [0.4, 0.5) is 5.69 Å². The first-order chi connectivity index (χ1) is 9.31. The molecule has 0 fully saturated rings. The van der Waals surface area contributed by atoms with E-state index in [-0.39, 0.29) is 30.8 Å². The number of nitrogens with two attached hydrogens (primary N) is 1. The number of anilines is 1. The number of carboxylic acid groups (broad SMARTS) is 1. The van der Waals surface area contributed by atoms with E-state index in [9.17, 15) is 9.59 Å². The summed E-state index contributed by atoms with van der Waals surface area (Å²) in [5.74, 6) is -1.14. The minimum absolute atomic E-state index is 0.138. The molecule has 5 nitrogen and oxygen atoms in total. The van der Waals surface area contributed by atoms with E-state index in [0.717, 1.165) is 5.56 Å². The molecule has 0 aliphatic carbocycles. The molecule has 20 heavy (non-hydrogen) atoms. The molecule has 0 aliphatic heterocycles. The molecule has 3 N–H and O–H groups in total. The zero-order chi connectivity index (χ0) is 15.3. The number of carboxylic acids is 1. The van der Waals surface area contributed by atoms with E-state index in [2.05, 4.69) is 0 Å². The second kappa shape index (κ2) is 7.05. The first-order valence-electron chi connectivity index (χ1n) is 6.65. The number of benzene rings is 1. The smallest absolute Gasteiger partial charge is 0.323 e. The lowest BCUT2D eigenvalue weighted by atomic mass is 10.0. The third-order valence-electron chi connectivity index (χ3n) is 3.21. The van der Waals surface area contributed by atoms with Gasteiger partial charge in [0.1, 0.15) is 6.54 Å². The van der Waals surface area contributed by atoms with Gasteiger partial charge in [0.15, 0.2) is 0 Å². The average molecular weight is 278 g/mol. The topological polar surface area (TPSA) is 83.6 Å². The number of aryl methyl sites for hydroxylation is 1. The summed E-state index contributed by atoms with van der Waals surface area (Å²) in [6.07, 6.45) is 0.138. The third kappa shape index (κ3) is 4.66. The number of carbonyl (C=O) groups is 2. The predicted octanol–water partition coefficient (Wildman–Crippen LogP) is 1.79. The molecule has 1 amide bonds. The van der Waals surface area contributed by atoms with Crippen molar-refractivity contribution in [2.45, 2.75) is 33.2 Å². The van der Waals surface area contributed by atoms with Crippen molar-refractivity contribution in [2.75, 3.05) is 11.4 Å². The fourth-order valence-electron chi connectivity index (χ4n) is 1.73. The van der Waals surface area contributed by atoms with Gasteiger partial charge in [-0.1, -0.05) is 31.5 Å². The fourth-order valence-corrected chi connectivity index (χ4v) is 1.73. The third-order valence-corrected chi connectivity index (χ3v) is 3.21. The molecule has 1 aromatic rings. The van der Waals surface area contributed by atoms with E-state index >= 15 is 0 Å². The van der Waals surface area contributed by atoms with Crippen LogP contribution >= 0.6 is 0 Å². The van der Waals surface area contributed by atoms with Crippen molar-refractivity contribution in [1.82, 2.24) is 0 Å². The van der Waals surface area contributed by atoms with Crippen LogP contribution in [0.15, 0.2) is 24.3 Å². The number of amides is 1. The zero-order valence-electron chi connectivity index (χ0n) is 12.2. The lowest BCUT2D eigenvalue weighted by Crippen LogP contribution is -2.40. The minimum Gasteiger partial charge on any atom is -0.480 e. The number of rotatable bonds is 6. The van der Waals surface area contributed by atoms with Crippen LogP contribution in [-0.4, -0.2) is 29.6 Å². The number of hydrogen-bond donors (Lipinski definition) is 2. The van der Waals surface area contributed by atoms with Crippen LogP contribution in [0.1, 0.15) is 25.8 Å². The molecule has 0 aromatic heterocycles. The van der Waals surface area contributed by atoms with Crippen LogP contribution in [0, 0.1) is 12.8 Å². The Bertz CT molecular complexity index is 469. The molecule has 1 unspecified atom stereocenters. The van der Waals surface area contributed by atoms with E-state index in [1.54, 1.807) is 12.1 Å². The maximum absolute atomic E-state index is 12.3. The van der Waals surface area contributed by atoms with Crippen LogP contribution in [0.2, 0.25) is 0 Å². The van der Waals surface area contributed by atoms with E-state index in [4.69, 9.17) is 10.8 Å². The van der Waals surface area contributed by atoms with Crippen LogP contribution < -0.4 is 10.6 Å². The molecule has 1 aromatic carbocycles. The van der Waals surface area contributed by atoms with Crippen LogP contribution in [0.5, 0.6) is 0 Å². The average Bonchev–Trinajstić information content (AvgIpc) is 2.36. The summed E-state index contributed by atoms with van der Waals surface area (Å²) >= 11 is 0. The number of hydrogen-bond acceptors (Lipinski definition) is 3. The number of nitrogens with zero attached hydrogens (tertiary/aromatic N) is 1. The van der Waals surface area contributed by atoms with Gasteiger partial charge in [-0.15, -0.1) is 0 Å². The highest BCUT2D eigenvalue weighted by atomic mass is 16.4. The minimum atomic E-state index is -1.04. The van der Waals surface area contributed by atoms with E-state index in [0.29, 0.717) is 5.69 Å². The molecule has 0 aliphatic rings. The van der Waals surface area contributed by atoms with Crippen molar-refractivity contribution in [1.29, 1.82) is 0 Å². The van der Waals surface area contributed by atoms with Gasteiger partial charge >= 0.3 is 5.97 Å². The SMILES string of the molecule is Cc1ccc(N(CC(=O)O)C(=O)CC(N)C(C)C)cc1. The van der Waals surface area contributed by atoms with Crippen molar-refractivity contribution in [3.05, 3.63) is 29.8 Å². The highest BCUT2D eigenvalue weighted by Crippen LogP contribution is 2.17. The second-order valence-corrected chi connectivity index (χ2v) is 5.32. The summed E-state index contributed by atoms with van der Waals surface area (Å²) in [6.45, 7) is 5.45. The largest absolute Gasteiger partial charge is 0.480 e. The lowest BCUT2D eigenvalue weighted by molar-refractivity contribution is -0.136. The Balaban J connectivity index is 2.91. The van der Waals surface area contributed by atoms with Crippen LogP contribution in [-0.2, 0) is 9.59 Å². The van der Waals surface area contributed by atoms with Gasteiger partial charge in [-0.25, -0.2) is 0 Å². The number of aliphatic carboxylic acids is 1. The highest BCUT2D eigenvalue weighted by molar-refractivity contribution is 5.97. The van der Waals surface area contributed by atoms with Crippen molar-refractivity contribution in [3.63, 3.8) is 0 Å². The second-order valence-electron chi connectivity index (χ2n) is 5.32. The zero-order valence-corrected chi connectivity index (χ0v) is 12.2. The van der Waals surface area contributed by atoms with Crippen molar-refractivity contribution < 1.29 is 14.7 Å². The van der Waals surface area contributed by atoms with Crippen molar-refractivity contribution in [3.8, 4) is 0 Å². The molecule has 0 bridgehead atoms. The van der Waals surface area contributed by atoms with E-state index in [1.165, 1.54) is 4.90 Å². The van der Waals surface area contributed by atoms with Crippen molar-refractivity contribution >= 4 is 17.6 Å². The first kappa shape index (κ1) is 16.2. The normalized spacial score (nSPS) is 12.2. The van der Waals surface area contributed by atoms with Crippen LogP contribution in [0.3, 0.4) is 0 Å². The van der Waals surface area contributed by atoms with E-state index < -0.39 is 5.97 Å². The van der Waals surface area contributed by atoms with Gasteiger partial charge in [-0.05, 0) is 25.0 Å². The van der Waals surface area contributed by atoms with Gasteiger partial charge in [0, 0.05) is 18.2 Å². The summed E-state index contributed by atoms with van der Waals surface area (Å²) in [4.78, 5) is 24.5. The molecule has 0 saturated carbocycles. The standard InChI is InChI=1S/C15H22N2O3/c1-10(2)13(16)8-14(18)17(9-15(19)20)12-6-4-11(3)5-7-12/h4-7,10,13H,8-9,16H2,1-3H3,(H,19,20). The van der Waals surface area contributed by atoms with E-state index in [1.807, 2.05) is 32.9 Å². The fraction of sp³-hybridized carbons (Fsp3) is 0.467. The molecular formula is C15H22N2O3. The van der Waals surface area contributed by atoms with Crippen LogP contribution in [0.25, 0.3) is 0 Å². The Labute approximate surface area is 119 Å². The Morgan fingerprint density at radius 1 is 1.25 bits per heavy atom. The van der Waals surface area contributed by atoms with Gasteiger partial charge < -0.3 is 15.7 Å². The molecule has 0 radical (unpaired) electrons. The quantitative estimate of drug-likeness (QED) is 0.831. The predicted molar refractivity (Wildman–Crippen MR) is 78.6 cm³/mol. The van der Waals surface area contributed by atoms with Gasteiger partial charge in [0.25, 0.3) is 0 Å². The molecule has 5 heteroatoms. The summed E-state index contributed by atoms with van der Waals surface area (Å²) in [7, 11) is 0. The lowest BCUT2D eigenvalue weighted by Gasteiger charge is -2.24. The molecule has 0 saturated heterocycles. The maximum atomic E-state index is 12.3. The molecule has 0 spiro atoms. The van der Waals surface area contributed by atoms with Crippen molar-refractivity contribution in [2.24, 2.45) is 11.7 Å². The summed E-state index contributed by atoms with van der Waals surface area (Å²) < 4.78 is 0. The summed E-state index contributed by atoms with van der Waals surface area (Å²) in [5.41, 5.74) is 7.53. The summed E-state index contributed by atoms with van der Waals surface area (Å²) in [6, 6.07) is 6.91. The monoisotopic (exact) mass is 278 g/mol. The van der Waals surface area contributed by atoms with Gasteiger partial charge in [-0.2, -0.15) is 0 Å². The Morgan fingerprint density at radius 2 is 1.80 bits per heavy atom. The van der Waals surface area contributed by atoms with Gasteiger partial charge in [-0.3, -0.25) is 9.59 Å². The molecule has 110 valence electrons. The Morgan fingerprint density at radius 3 is 2.25 bits per heavy atom.